The van der Waals surface area contributed by atoms with E-state index in [4.69, 9.17) is 0 Å². The van der Waals surface area contributed by atoms with Gasteiger partial charge in [0.05, 0.1) is 5.25 Å². The van der Waals surface area contributed by atoms with Crippen molar-refractivity contribution < 1.29 is 22.4 Å². The van der Waals surface area contributed by atoms with Crippen molar-refractivity contribution in [2.45, 2.75) is 57.1 Å². The van der Waals surface area contributed by atoms with Crippen LogP contribution in [0.2, 0.25) is 0 Å². The Morgan fingerprint density at radius 2 is 1.88 bits per heavy atom. The Bertz CT molecular complexity index is 316. The van der Waals surface area contributed by atoms with Gasteiger partial charge >= 0.3 is 16.1 Å². The summed E-state index contributed by atoms with van der Waals surface area (Å²) in [7, 11) is -3.74. The third kappa shape index (κ3) is 4.09. The molecule has 94 valence electrons. The third-order valence-corrected chi connectivity index (χ3v) is 4.18. The summed E-state index contributed by atoms with van der Waals surface area (Å²) < 4.78 is 27.5. The van der Waals surface area contributed by atoms with E-state index in [9.17, 15) is 13.2 Å². The van der Waals surface area contributed by atoms with Gasteiger partial charge in [-0.1, -0.05) is 30.5 Å². The molecule has 1 aliphatic rings. The van der Waals surface area contributed by atoms with Crippen LogP contribution in [0.25, 0.3) is 0 Å². The van der Waals surface area contributed by atoms with Crippen LogP contribution in [0.3, 0.4) is 0 Å². The first-order chi connectivity index (χ1) is 7.56. The third-order valence-electron chi connectivity index (χ3n) is 2.64. The lowest BCUT2D eigenvalue weighted by Crippen LogP contribution is -2.26. The fourth-order valence-corrected chi connectivity index (χ4v) is 2.93. The summed E-state index contributed by atoms with van der Waals surface area (Å²) >= 11 is 0. The normalized spacial score (nSPS) is 18.3. The Hall–Kier alpha value is -0.620. The molecule has 0 aromatic carbocycles. The van der Waals surface area contributed by atoms with Crippen molar-refractivity contribution in [3.05, 3.63) is 0 Å². The lowest BCUT2D eigenvalue weighted by molar-refractivity contribution is -0.211. The van der Waals surface area contributed by atoms with E-state index in [1.165, 1.54) is 0 Å². The molecular weight excluding hydrogens is 232 g/mol. The van der Waals surface area contributed by atoms with Gasteiger partial charge in [-0.05, 0) is 19.3 Å². The van der Waals surface area contributed by atoms with Gasteiger partial charge in [-0.3, -0.25) is 4.89 Å². The molecule has 5 nitrogen and oxygen atoms in total. The van der Waals surface area contributed by atoms with Crippen molar-refractivity contribution in [3.63, 3.8) is 0 Å². The number of hydrogen-bond acceptors (Lipinski definition) is 5. The Morgan fingerprint density at radius 3 is 2.44 bits per heavy atom. The summed E-state index contributed by atoms with van der Waals surface area (Å²) in [4.78, 5) is 15.2. The van der Waals surface area contributed by atoms with Crippen LogP contribution in [0.4, 0.5) is 0 Å². The average molecular weight is 250 g/mol. The molecular formula is C10H18O5S. The summed E-state index contributed by atoms with van der Waals surface area (Å²) in [5.74, 6) is -0.637. The molecule has 0 heterocycles. The molecule has 0 unspecified atom stereocenters. The Morgan fingerprint density at radius 1 is 1.25 bits per heavy atom. The lowest BCUT2D eigenvalue weighted by atomic mass is 10.0. The van der Waals surface area contributed by atoms with Gasteiger partial charge < -0.3 is 0 Å². The second-order valence-corrected chi connectivity index (χ2v) is 5.81. The van der Waals surface area contributed by atoms with Gasteiger partial charge in [0, 0.05) is 6.42 Å². The van der Waals surface area contributed by atoms with E-state index in [0.717, 1.165) is 19.3 Å². The smallest absolute Gasteiger partial charge is 0.281 e. The fraction of sp³-hybridized carbons (Fsp3) is 0.900. The number of hydrogen-bond donors (Lipinski definition) is 0. The van der Waals surface area contributed by atoms with E-state index in [0.29, 0.717) is 19.3 Å². The van der Waals surface area contributed by atoms with E-state index >= 15 is 0 Å². The molecule has 0 atom stereocenters. The Labute approximate surface area is 96.2 Å². The Kier molecular flexibility index (Phi) is 5.21. The second kappa shape index (κ2) is 6.20. The van der Waals surface area contributed by atoms with E-state index in [2.05, 4.69) is 9.22 Å². The quantitative estimate of drug-likeness (QED) is 0.550. The van der Waals surface area contributed by atoms with Crippen LogP contribution < -0.4 is 0 Å². The molecule has 6 heteroatoms. The first-order valence-corrected chi connectivity index (χ1v) is 7.16. The van der Waals surface area contributed by atoms with Gasteiger partial charge in [0.1, 0.15) is 0 Å². The maximum atomic E-state index is 11.6. The molecule has 0 spiro atoms. The van der Waals surface area contributed by atoms with Gasteiger partial charge in [0.15, 0.2) is 0 Å². The molecule has 0 radical (unpaired) electrons. The van der Waals surface area contributed by atoms with Gasteiger partial charge in [-0.25, -0.2) is 4.79 Å². The molecule has 0 saturated heterocycles. The van der Waals surface area contributed by atoms with Gasteiger partial charge in [0.2, 0.25) is 0 Å². The average Bonchev–Trinajstić information content (AvgIpc) is 2.28. The zero-order valence-corrected chi connectivity index (χ0v) is 10.3. The number of rotatable bonds is 5. The van der Waals surface area contributed by atoms with Crippen LogP contribution in [0.15, 0.2) is 0 Å². The second-order valence-electron chi connectivity index (χ2n) is 4.03. The first kappa shape index (κ1) is 13.4. The van der Waals surface area contributed by atoms with E-state index in [-0.39, 0.29) is 6.42 Å². The molecule has 0 amide bonds. The highest BCUT2D eigenvalue weighted by Crippen LogP contribution is 2.24. The van der Waals surface area contributed by atoms with Gasteiger partial charge in [-0.2, -0.15) is 8.42 Å². The summed E-state index contributed by atoms with van der Waals surface area (Å²) in [6.45, 7) is 1.80. The monoisotopic (exact) mass is 250 g/mol. The van der Waals surface area contributed by atoms with Crippen molar-refractivity contribution in [3.8, 4) is 0 Å². The van der Waals surface area contributed by atoms with Crippen LogP contribution in [0.1, 0.15) is 51.9 Å². The molecule has 0 aromatic rings. The molecule has 1 saturated carbocycles. The minimum Gasteiger partial charge on any atom is -0.281 e. The van der Waals surface area contributed by atoms with E-state index in [1.807, 2.05) is 0 Å². The summed E-state index contributed by atoms with van der Waals surface area (Å²) in [6.07, 6.45) is 4.78. The predicted octanol–water partition coefficient (Wildman–Crippen LogP) is 1.92. The molecule has 1 fully saturated rings. The van der Waals surface area contributed by atoms with Gasteiger partial charge in [-0.15, -0.1) is 0 Å². The highest BCUT2D eigenvalue weighted by atomic mass is 32.2. The zero-order valence-electron chi connectivity index (χ0n) is 9.48. The molecule has 0 bridgehead atoms. The molecule has 0 aromatic heterocycles. The lowest BCUT2D eigenvalue weighted by Gasteiger charge is -2.19. The van der Waals surface area contributed by atoms with Crippen LogP contribution in [0.5, 0.6) is 0 Å². The van der Waals surface area contributed by atoms with Crippen LogP contribution in [-0.4, -0.2) is 19.6 Å². The van der Waals surface area contributed by atoms with Gasteiger partial charge in [0.25, 0.3) is 0 Å². The summed E-state index contributed by atoms with van der Waals surface area (Å²) in [5, 5.41) is -0.518. The van der Waals surface area contributed by atoms with Crippen LogP contribution >= 0.6 is 0 Å². The van der Waals surface area contributed by atoms with Crippen molar-refractivity contribution in [1.29, 1.82) is 0 Å². The van der Waals surface area contributed by atoms with Crippen molar-refractivity contribution in [2.24, 2.45) is 0 Å². The van der Waals surface area contributed by atoms with Crippen LogP contribution in [-0.2, 0) is 24.1 Å². The first-order valence-electron chi connectivity index (χ1n) is 5.69. The molecule has 0 aliphatic heterocycles. The predicted molar refractivity (Wildman–Crippen MR) is 57.9 cm³/mol. The van der Waals surface area contributed by atoms with Crippen molar-refractivity contribution >= 4 is 16.1 Å². The Balaban J connectivity index is 2.41. The minimum absolute atomic E-state index is 0.167. The van der Waals surface area contributed by atoms with E-state index < -0.39 is 21.3 Å². The minimum atomic E-state index is -3.74. The molecule has 1 aliphatic carbocycles. The highest BCUT2D eigenvalue weighted by molar-refractivity contribution is 7.87. The SMILES string of the molecule is CCCC(=O)OOS(=O)(=O)C1CCCCC1. The molecule has 1 rings (SSSR count). The van der Waals surface area contributed by atoms with E-state index in [1.54, 1.807) is 6.92 Å². The van der Waals surface area contributed by atoms with Crippen molar-refractivity contribution in [1.82, 2.24) is 0 Å². The summed E-state index contributed by atoms with van der Waals surface area (Å²) in [5.41, 5.74) is 0. The maximum Gasteiger partial charge on any atom is 0.343 e. The molecule has 16 heavy (non-hydrogen) atoms. The zero-order chi connectivity index (χ0) is 12.0. The highest BCUT2D eigenvalue weighted by Gasteiger charge is 2.30. The largest absolute Gasteiger partial charge is 0.343 e. The topological polar surface area (TPSA) is 69.7 Å². The summed E-state index contributed by atoms with van der Waals surface area (Å²) in [6, 6.07) is 0. The van der Waals surface area contributed by atoms with Crippen molar-refractivity contribution in [2.75, 3.05) is 0 Å². The number of carbonyl (C=O) groups excluding carboxylic acids is 1. The maximum absolute atomic E-state index is 11.6. The number of carbonyl (C=O) groups is 1. The molecule has 0 N–H and O–H groups in total. The van der Waals surface area contributed by atoms with Crippen LogP contribution in [0, 0.1) is 0 Å². The standard InChI is InChI=1S/C10H18O5S/c1-2-6-10(11)14-15-16(12,13)9-7-4-3-5-8-9/h9H,2-8H2,1H3. The fourth-order valence-electron chi connectivity index (χ4n) is 1.74.